The van der Waals surface area contributed by atoms with Crippen LogP contribution in [0.15, 0.2) is 18.2 Å². The second kappa shape index (κ2) is 4.61. The van der Waals surface area contributed by atoms with Crippen LogP contribution in [0.5, 0.6) is 11.5 Å². The van der Waals surface area contributed by atoms with E-state index in [4.69, 9.17) is 16.3 Å². The first-order valence-corrected chi connectivity index (χ1v) is 4.49. The molecule has 0 spiro atoms. The van der Waals surface area contributed by atoms with Crippen LogP contribution >= 0.6 is 11.6 Å². The number of hydrogen-bond donors (Lipinski definition) is 0. The van der Waals surface area contributed by atoms with E-state index in [2.05, 4.69) is 4.74 Å². The minimum Gasteiger partial charge on any atom is -0.496 e. The van der Waals surface area contributed by atoms with Gasteiger partial charge in [-0.1, -0.05) is 6.07 Å². The molecular weight excluding hydrogens is 233 g/mol. The van der Waals surface area contributed by atoms with Gasteiger partial charge in [0.15, 0.2) is 0 Å². The summed E-state index contributed by atoms with van der Waals surface area (Å²) in [5, 5.41) is 0. The topological polar surface area (TPSA) is 18.5 Å². The summed E-state index contributed by atoms with van der Waals surface area (Å²) in [6.07, 6.45) is -4.73. The fourth-order valence-corrected chi connectivity index (χ4v) is 1.35. The molecule has 0 atom stereocenters. The van der Waals surface area contributed by atoms with Gasteiger partial charge in [-0.25, -0.2) is 0 Å². The average Bonchev–Trinajstić information content (AvgIpc) is 2.15. The van der Waals surface area contributed by atoms with Gasteiger partial charge in [0.25, 0.3) is 0 Å². The number of benzene rings is 1. The van der Waals surface area contributed by atoms with Crippen LogP contribution in [0.4, 0.5) is 13.2 Å². The van der Waals surface area contributed by atoms with Crippen molar-refractivity contribution in [2.75, 3.05) is 7.11 Å². The summed E-state index contributed by atoms with van der Waals surface area (Å²) >= 11 is 5.52. The molecule has 0 unspecified atom stereocenters. The van der Waals surface area contributed by atoms with Gasteiger partial charge in [0, 0.05) is 0 Å². The summed E-state index contributed by atoms with van der Waals surface area (Å²) in [5.41, 5.74) is 0.180. The fraction of sp³-hybridized carbons (Fsp3) is 0.333. The van der Waals surface area contributed by atoms with E-state index in [1.165, 1.54) is 25.3 Å². The molecule has 1 aromatic carbocycles. The zero-order chi connectivity index (χ0) is 11.5. The van der Waals surface area contributed by atoms with Crippen molar-refractivity contribution >= 4 is 11.6 Å². The van der Waals surface area contributed by atoms with Crippen molar-refractivity contribution in [1.29, 1.82) is 0 Å². The van der Waals surface area contributed by atoms with Gasteiger partial charge in [-0.15, -0.1) is 24.8 Å². The maximum atomic E-state index is 12.0. The standard InChI is InChI=1S/C9H8ClF3O2/c1-14-7-3-2-4-8(6(7)5-10)15-9(11,12)13/h2-4H,5H2,1H3. The van der Waals surface area contributed by atoms with E-state index in [9.17, 15) is 13.2 Å². The van der Waals surface area contributed by atoms with Gasteiger partial charge >= 0.3 is 6.36 Å². The number of halogens is 4. The number of alkyl halides is 4. The van der Waals surface area contributed by atoms with Gasteiger partial charge in [-0.05, 0) is 12.1 Å². The lowest BCUT2D eigenvalue weighted by Crippen LogP contribution is -2.18. The third-order valence-corrected chi connectivity index (χ3v) is 1.94. The van der Waals surface area contributed by atoms with E-state index in [1.807, 2.05) is 0 Å². The third-order valence-electron chi connectivity index (χ3n) is 1.67. The maximum absolute atomic E-state index is 12.0. The molecule has 2 nitrogen and oxygen atoms in total. The Morgan fingerprint density at radius 1 is 1.27 bits per heavy atom. The molecule has 0 aromatic heterocycles. The summed E-state index contributed by atoms with van der Waals surface area (Å²) in [7, 11) is 1.35. The molecular formula is C9H8ClF3O2. The fourth-order valence-electron chi connectivity index (χ4n) is 1.09. The van der Waals surface area contributed by atoms with Crippen LogP contribution in [-0.2, 0) is 5.88 Å². The van der Waals surface area contributed by atoms with E-state index in [-0.39, 0.29) is 22.9 Å². The lowest BCUT2D eigenvalue weighted by molar-refractivity contribution is -0.274. The van der Waals surface area contributed by atoms with E-state index in [0.717, 1.165) is 0 Å². The van der Waals surface area contributed by atoms with Crippen LogP contribution in [-0.4, -0.2) is 13.5 Å². The van der Waals surface area contributed by atoms with Gasteiger partial charge < -0.3 is 9.47 Å². The summed E-state index contributed by atoms with van der Waals surface area (Å²) in [6.45, 7) is 0. The Hall–Kier alpha value is -1.10. The summed E-state index contributed by atoms with van der Waals surface area (Å²) in [5.74, 6) is -0.182. The summed E-state index contributed by atoms with van der Waals surface area (Å²) in [4.78, 5) is 0. The highest BCUT2D eigenvalue weighted by atomic mass is 35.5. The van der Waals surface area contributed by atoms with Crippen molar-refractivity contribution in [2.24, 2.45) is 0 Å². The molecule has 1 rings (SSSR count). The van der Waals surface area contributed by atoms with Crippen molar-refractivity contribution < 1.29 is 22.6 Å². The maximum Gasteiger partial charge on any atom is 0.573 e. The Labute approximate surface area is 89.6 Å². The third kappa shape index (κ3) is 3.20. The molecule has 0 N–H and O–H groups in total. The predicted octanol–water partition coefficient (Wildman–Crippen LogP) is 3.33. The van der Waals surface area contributed by atoms with Crippen molar-refractivity contribution in [3.05, 3.63) is 23.8 Å². The van der Waals surface area contributed by atoms with Gasteiger partial charge in [0.2, 0.25) is 0 Å². The van der Waals surface area contributed by atoms with Crippen molar-refractivity contribution in [2.45, 2.75) is 12.2 Å². The van der Waals surface area contributed by atoms with Crippen LogP contribution in [0, 0.1) is 0 Å². The monoisotopic (exact) mass is 240 g/mol. The zero-order valence-corrected chi connectivity index (χ0v) is 8.52. The van der Waals surface area contributed by atoms with Crippen molar-refractivity contribution in [3.8, 4) is 11.5 Å². The quantitative estimate of drug-likeness (QED) is 0.755. The molecule has 0 saturated heterocycles. The van der Waals surface area contributed by atoms with Crippen LogP contribution < -0.4 is 9.47 Å². The molecule has 0 aliphatic carbocycles. The number of methoxy groups -OCH3 is 1. The molecule has 0 fully saturated rings. The van der Waals surface area contributed by atoms with Crippen molar-refractivity contribution in [1.82, 2.24) is 0 Å². The first-order chi connectivity index (χ1) is 6.98. The van der Waals surface area contributed by atoms with Crippen LogP contribution in [0.25, 0.3) is 0 Å². The molecule has 0 amide bonds. The first-order valence-electron chi connectivity index (χ1n) is 3.95. The molecule has 0 aliphatic rings. The Kier molecular flexibility index (Phi) is 3.68. The van der Waals surface area contributed by atoms with Crippen LogP contribution in [0.1, 0.15) is 5.56 Å². The largest absolute Gasteiger partial charge is 0.573 e. The van der Waals surface area contributed by atoms with E-state index < -0.39 is 6.36 Å². The van der Waals surface area contributed by atoms with Gasteiger partial charge in [-0.2, -0.15) is 0 Å². The minimum absolute atomic E-state index is 0.116. The summed E-state index contributed by atoms with van der Waals surface area (Å²) < 4.78 is 44.6. The molecule has 0 aliphatic heterocycles. The number of ether oxygens (including phenoxy) is 2. The molecule has 0 heterocycles. The SMILES string of the molecule is COc1cccc(OC(F)(F)F)c1CCl. The Bertz CT molecular complexity index is 339. The first kappa shape index (κ1) is 12.0. The highest BCUT2D eigenvalue weighted by molar-refractivity contribution is 6.17. The molecule has 1 aromatic rings. The Morgan fingerprint density at radius 3 is 2.33 bits per heavy atom. The molecule has 84 valence electrons. The van der Waals surface area contributed by atoms with E-state index in [0.29, 0.717) is 0 Å². The highest BCUT2D eigenvalue weighted by Crippen LogP contribution is 2.33. The van der Waals surface area contributed by atoms with Crippen LogP contribution in [0.3, 0.4) is 0 Å². The second-order valence-electron chi connectivity index (χ2n) is 2.62. The zero-order valence-electron chi connectivity index (χ0n) is 7.77. The average molecular weight is 241 g/mol. The molecule has 6 heteroatoms. The molecule has 0 bridgehead atoms. The van der Waals surface area contributed by atoms with Crippen molar-refractivity contribution in [3.63, 3.8) is 0 Å². The Morgan fingerprint density at radius 2 is 1.87 bits per heavy atom. The van der Waals surface area contributed by atoms with Gasteiger partial charge in [0.1, 0.15) is 11.5 Å². The molecule has 0 radical (unpaired) electrons. The predicted molar refractivity (Wildman–Crippen MR) is 49.2 cm³/mol. The smallest absolute Gasteiger partial charge is 0.496 e. The minimum atomic E-state index is -4.73. The molecule has 15 heavy (non-hydrogen) atoms. The van der Waals surface area contributed by atoms with E-state index >= 15 is 0 Å². The lowest BCUT2D eigenvalue weighted by atomic mass is 10.2. The summed E-state index contributed by atoms with van der Waals surface area (Å²) in [6, 6.07) is 4.10. The lowest BCUT2D eigenvalue weighted by Gasteiger charge is -2.14. The second-order valence-corrected chi connectivity index (χ2v) is 2.89. The molecule has 0 saturated carbocycles. The Balaban J connectivity index is 3.06. The van der Waals surface area contributed by atoms with Gasteiger partial charge in [0.05, 0.1) is 18.6 Å². The normalized spacial score (nSPS) is 11.3. The number of hydrogen-bond acceptors (Lipinski definition) is 2. The van der Waals surface area contributed by atoms with Crippen LogP contribution in [0.2, 0.25) is 0 Å². The van der Waals surface area contributed by atoms with E-state index in [1.54, 1.807) is 0 Å². The highest BCUT2D eigenvalue weighted by Gasteiger charge is 2.32. The number of rotatable bonds is 3. The van der Waals surface area contributed by atoms with Gasteiger partial charge in [-0.3, -0.25) is 0 Å².